The van der Waals surface area contributed by atoms with E-state index in [0.717, 1.165) is 0 Å². The quantitative estimate of drug-likeness (QED) is 0.637. The van der Waals surface area contributed by atoms with Gasteiger partial charge in [-0.25, -0.2) is 12.1 Å². The van der Waals surface area contributed by atoms with E-state index in [4.69, 9.17) is 0 Å². The Balaban J connectivity index is -0.000000104. The van der Waals surface area contributed by atoms with E-state index in [9.17, 15) is 0 Å². The molecule has 0 unspecified atom stereocenters. The van der Waals surface area contributed by atoms with Gasteiger partial charge in [0.15, 0.2) is 0 Å². The van der Waals surface area contributed by atoms with Crippen molar-refractivity contribution in [1.29, 1.82) is 0 Å². The minimum atomic E-state index is 0. The molecule has 0 aliphatic heterocycles. The van der Waals surface area contributed by atoms with Crippen LogP contribution in [0.4, 0.5) is 0 Å². The van der Waals surface area contributed by atoms with Gasteiger partial charge >= 0.3 is 21.1 Å². The van der Waals surface area contributed by atoms with Gasteiger partial charge in [-0.1, -0.05) is 0 Å². The van der Waals surface area contributed by atoms with Crippen LogP contribution in [0.3, 0.4) is 0 Å². The van der Waals surface area contributed by atoms with Crippen molar-refractivity contribution in [3.63, 3.8) is 0 Å². The molecule has 12 heavy (non-hydrogen) atoms. The topological polar surface area (TPSA) is 0 Å². The van der Waals surface area contributed by atoms with Gasteiger partial charge in [-0.05, 0) is 0 Å². The van der Waals surface area contributed by atoms with E-state index in [-0.39, 0.29) is 21.1 Å². The molecular weight excluding hydrogens is 316 g/mol. The van der Waals surface area contributed by atoms with E-state index < -0.39 is 0 Å². The second-order valence-electron chi connectivity index (χ2n) is 2.12. The minimum Gasteiger partial charge on any atom is -0.214 e. The molecule has 0 fully saturated rings. The fourth-order valence-electron chi connectivity index (χ4n) is 0.321. The normalized spacial score (nSPS) is 6.33. The molecule has 0 heterocycles. The summed E-state index contributed by atoms with van der Waals surface area (Å²) in [6, 6.07) is 10.0. The maximum absolute atomic E-state index is 2.00. The molecule has 1 heteroatoms. The van der Waals surface area contributed by atoms with Crippen LogP contribution >= 0.6 is 0 Å². The van der Waals surface area contributed by atoms with Gasteiger partial charge in [-0.3, -0.25) is 0 Å². The molecule has 0 aromatic heterocycles. The van der Waals surface area contributed by atoms with E-state index in [0.29, 0.717) is 0 Å². The van der Waals surface area contributed by atoms with Crippen molar-refractivity contribution in [3.05, 3.63) is 43.2 Å². The molecule has 0 bridgehead atoms. The Morgan fingerprint density at radius 3 is 1.17 bits per heavy atom. The molecule has 0 nitrogen and oxygen atoms in total. The van der Waals surface area contributed by atoms with Gasteiger partial charge in [0.1, 0.15) is 0 Å². The predicted molar refractivity (Wildman–Crippen MR) is 56.1 cm³/mol. The minimum absolute atomic E-state index is 0. The Morgan fingerprint density at radius 1 is 0.833 bits per heavy atom. The third-order valence-electron chi connectivity index (χ3n) is 0.556. The summed E-state index contributed by atoms with van der Waals surface area (Å²) < 4.78 is 0. The van der Waals surface area contributed by atoms with Crippen molar-refractivity contribution in [3.8, 4) is 0 Å². The van der Waals surface area contributed by atoms with Gasteiger partial charge in [-0.15, -0.1) is 0 Å². The Bertz CT molecular complexity index is 80.5. The molecule has 0 atom stereocenters. The molecule has 1 rings (SSSR count). The van der Waals surface area contributed by atoms with Crippen molar-refractivity contribution >= 4 is 0 Å². The van der Waals surface area contributed by atoms with Crippen LogP contribution in [-0.2, 0) is 21.1 Å². The van der Waals surface area contributed by atoms with Crippen LogP contribution in [-0.4, -0.2) is 0 Å². The molecule has 0 spiro atoms. The molecule has 1 aromatic rings. The van der Waals surface area contributed by atoms with Crippen molar-refractivity contribution in [2.45, 2.75) is 27.7 Å². The maximum Gasteiger partial charge on any atom is -0.172 e. The first-order chi connectivity index (χ1) is 5.33. The molecule has 0 aliphatic rings. The summed E-state index contributed by atoms with van der Waals surface area (Å²) >= 11 is 0. The Morgan fingerprint density at radius 2 is 1.08 bits per heavy atom. The van der Waals surface area contributed by atoms with Crippen molar-refractivity contribution in [2.75, 3.05) is 0 Å². The monoisotopic (exact) mass is 337 g/mol. The fourth-order valence-corrected chi connectivity index (χ4v) is 0.321. The summed E-state index contributed by atoms with van der Waals surface area (Å²) in [6.07, 6.45) is 4.00. The molecule has 1 aromatic carbocycles. The molecule has 74 valence electrons. The van der Waals surface area contributed by atoms with E-state index in [1.54, 1.807) is 0 Å². The standard InChI is InChI=1S/C5H5.2C3H7.W.2H/c1-2-4-5-3-1;2*1-3-2;;;/h1-5H;2*3H,1-2H3;;;/q3*-1;;;. The van der Waals surface area contributed by atoms with Crippen molar-refractivity contribution < 1.29 is 21.1 Å². The van der Waals surface area contributed by atoms with Crippen LogP contribution in [0.1, 0.15) is 27.7 Å². The first-order valence-electron chi connectivity index (χ1n) is 3.98. The SMILES string of the molecule is C[CH-]C.C[CH-]C.[WH2].c1cc[cH-]c1. The first kappa shape index (κ1) is 18.0. The van der Waals surface area contributed by atoms with Gasteiger partial charge in [0, 0.05) is 0 Å². The van der Waals surface area contributed by atoms with E-state index in [1.807, 2.05) is 70.9 Å². The van der Waals surface area contributed by atoms with Crippen LogP contribution in [0.15, 0.2) is 30.3 Å². The van der Waals surface area contributed by atoms with Crippen LogP contribution in [0.2, 0.25) is 0 Å². The average molecular weight is 337 g/mol. The summed E-state index contributed by atoms with van der Waals surface area (Å²) in [5.41, 5.74) is 0. The van der Waals surface area contributed by atoms with Gasteiger partial charge in [0.05, 0.1) is 0 Å². The summed E-state index contributed by atoms with van der Waals surface area (Å²) in [5, 5.41) is 0. The molecule has 0 saturated carbocycles. The van der Waals surface area contributed by atoms with Gasteiger partial charge in [0.2, 0.25) is 0 Å². The summed E-state index contributed by atoms with van der Waals surface area (Å²) in [4.78, 5) is 0. The fraction of sp³-hybridized carbons (Fsp3) is 0.364. The summed E-state index contributed by atoms with van der Waals surface area (Å²) in [7, 11) is 0. The number of hydrogen-bond acceptors (Lipinski definition) is 0. The first-order valence-corrected chi connectivity index (χ1v) is 3.98. The molecule has 0 radical (unpaired) electrons. The molecule has 0 amide bonds. The molecule has 0 saturated heterocycles. The van der Waals surface area contributed by atoms with Crippen LogP contribution in [0.25, 0.3) is 0 Å². The maximum atomic E-state index is 2.00. The van der Waals surface area contributed by atoms with E-state index in [2.05, 4.69) is 0 Å². The Kier molecular flexibility index (Phi) is 33.6. The molecule has 0 aliphatic carbocycles. The molecular formula is C11H21W-3. The predicted octanol–water partition coefficient (Wildman–Crippen LogP) is 3.33. The third-order valence-corrected chi connectivity index (χ3v) is 0.556. The van der Waals surface area contributed by atoms with Crippen molar-refractivity contribution in [2.24, 2.45) is 0 Å². The zero-order valence-corrected chi connectivity index (χ0v) is 12.1. The Labute approximate surface area is 92.0 Å². The zero-order chi connectivity index (χ0) is 8.95. The van der Waals surface area contributed by atoms with Crippen LogP contribution in [0, 0.1) is 12.8 Å². The second kappa shape index (κ2) is 22.5. The van der Waals surface area contributed by atoms with Gasteiger partial charge in [-0.2, -0.15) is 45.9 Å². The van der Waals surface area contributed by atoms with Crippen molar-refractivity contribution in [1.82, 2.24) is 0 Å². The number of rotatable bonds is 0. The largest absolute Gasteiger partial charge is 0.214 e. The number of hydrogen-bond donors (Lipinski definition) is 0. The van der Waals surface area contributed by atoms with Gasteiger partial charge in [0.25, 0.3) is 0 Å². The third kappa shape index (κ3) is 32.3. The van der Waals surface area contributed by atoms with Gasteiger partial charge < -0.3 is 12.8 Å². The average Bonchev–Trinajstić information content (AvgIpc) is 2.44. The van der Waals surface area contributed by atoms with Crippen LogP contribution < -0.4 is 0 Å². The molecule has 0 N–H and O–H groups in total. The second-order valence-corrected chi connectivity index (χ2v) is 2.12. The summed E-state index contributed by atoms with van der Waals surface area (Å²) in [5.74, 6) is 0. The van der Waals surface area contributed by atoms with E-state index in [1.165, 1.54) is 0 Å². The smallest absolute Gasteiger partial charge is 0.172 e. The zero-order valence-electron chi connectivity index (χ0n) is 8.54. The Hall–Kier alpha value is 0.0383. The van der Waals surface area contributed by atoms with E-state index >= 15 is 0 Å². The van der Waals surface area contributed by atoms with Crippen LogP contribution in [0.5, 0.6) is 0 Å². The summed E-state index contributed by atoms with van der Waals surface area (Å²) in [6.45, 7) is 8.00.